The van der Waals surface area contributed by atoms with E-state index < -0.39 is 0 Å². The Morgan fingerprint density at radius 3 is 2.92 bits per heavy atom. The van der Waals surface area contributed by atoms with Gasteiger partial charge in [-0.2, -0.15) is 0 Å². The van der Waals surface area contributed by atoms with Gasteiger partial charge in [-0.25, -0.2) is 0 Å². The molecule has 1 aromatic rings. The van der Waals surface area contributed by atoms with Crippen molar-refractivity contribution in [1.29, 1.82) is 0 Å². The van der Waals surface area contributed by atoms with Crippen LogP contribution in [0.1, 0.15) is 17.5 Å². The Hall–Kier alpha value is -1.57. The molecule has 13 heavy (non-hydrogen) atoms. The third-order valence-corrected chi connectivity index (χ3v) is 1.81. The molecule has 0 aromatic heterocycles. The molecule has 68 valence electrons. The zero-order valence-corrected chi connectivity index (χ0v) is 7.70. The summed E-state index contributed by atoms with van der Waals surface area (Å²) in [7, 11) is 0. The Kier molecular flexibility index (Phi) is 3.26. The molecule has 0 heterocycles. The number of nitrogens with zero attached hydrogens (tertiary/aromatic N) is 1. The van der Waals surface area contributed by atoms with Crippen molar-refractivity contribution in [2.45, 2.75) is 13.3 Å². The average molecular weight is 175 g/mol. The first kappa shape index (κ1) is 9.52. The standard InChI is InChI=1S/C11H13NO/c1-3-5-11(12-13)10-7-4-6-9(2)8-10/h3-4,6-8,13H,1,5H2,2H3/b12-11-. The van der Waals surface area contributed by atoms with Gasteiger partial charge in [0, 0.05) is 6.42 Å². The highest BCUT2D eigenvalue weighted by atomic mass is 16.4. The van der Waals surface area contributed by atoms with E-state index in [1.165, 1.54) is 0 Å². The molecular weight excluding hydrogens is 162 g/mol. The van der Waals surface area contributed by atoms with E-state index in [0.29, 0.717) is 12.1 Å². The molecule has 2 heteroatoms. The number of hydrogen-bond acceptors (Lipinski definition) is 2. The molecule has 0 aliphatic heterocycles. The lowest BCUT2D eigenvalue weighted by Crippen LogP contribution is -1.99. The van der Waals surface area contributed by atoms with Crippen LogP contribution in [0.2, 0.25) is 0 Å². The van der Waals surface area contributed by atoms with Gasteiger partial charge in [0.05, 0.1) is 5.71 Å². The van der Waals surface area contributed by atoms with E-state index in [9.17, 15) is 0 Å². The van der Waals surface area contributed by atoms with Crippen molar-refractivity contribution in [3.05, 3.63) is 48.0 Å². The first-order valence-electron chi connectivity index (χ1n) is 4.17. The quantitative estimate of drug-likeness (QED) is 0.326. The number of oxime groups is 1. The van der Waals surface area contributed by atoms with Crippen LogP contribution < -0.4 is 0 Å². The minimum atomic E-state index is 0.583. The SMILES string of the molecule is C=CC/C(=N/O)c1cccc(C)c1. The Morgan fingerprint density at radius 1 is 1.62 bits per heavy atom. The lowest BCUT2D eigenvalue weighted by atomic mass is 10.1. The van der Waals surface area contributed by atoms with Gasteiger partial charge in [-0.05, 0) is 12.5 Å². The number of aryl methyl sites for hydroxylation is 1. The summed E-state index contributed by atoms with van der Waals surface area (Å²) in [6.07, 6.45) is 2.30. The van der Waals surface area contributed by atoms with Gasteiger partial charge in [-0.3, -0.25) is 0 Å². The molecular formula is C11H13NO. The average Bonchev–Trinajstić information content (AvgIpc) is 2.14. The highest BCUT2D eigenvalue weighted by Crippen LogP contribution is 2.07. The zero-order chi connectivity index (χ0) is 9.68. The molecule has 2 nitrogen and oxygen atoms in total. The Balaban J connectivity index is 2.98. The van der Waals surface area contributed by atoms with E-state index in [2.05, 4.69) is 11.7 Å². The molecule has 1 rings (SSSR count). The van der Waals surface area contributed by atoms with Gasteiger partial charge in [0.25, 0.3) is 0 Å². The fourth-order valence-electron chi connectivity index (χ4n) is 1.18. The van der Waals surface area contributed by atoms with Crippen LogP contribution in [0.5, 0.6) is 0 Å². The molecule has 0 saturated carbocycles. The van der Waals surface area contributed by atoms with Gasteiger partial charge >= 0.3 is 0 Å². The number of rotatable bonds is 3. The van der Waals surface area contributed by atoms with Gasteiger partial charge in [0.15, 0.2) is 0 Å². The smallest absolute Gasteiger partial charge is 0.0905 e. The normalized spacial score (nSPS) is 11.3. The van der Waals surface area contributed by atoms with Crippen molar-refractivity contribution in [3.63, 3.8) is 0 Å². The fraction of sp³-hybridized carbons (Fsp3) is 0.182. The molecule has 0 bridgehead atoms. The Morgan fingerprint density at radius 2 is 2.38 bits per heavy atom. The Bertz CT molecular complexity index is 329. The van der Waals surface area contributed by atoms with Crippen molar-refractivity contribution in [2.24, 2.45) is 5.16 Å². The van der Waals surface area contributed by atoms with Gasteiger partial charge in [-0.1, -0.05) is 41.1 Å². The maximum atomic E-state index is 8.74. The first-order valence-corrected chi connectivity index (χ1v) is 4.17. The summed E-state index contributed by atoms with van der Waals surface area (Å²) in [6, 6.07) is 7.86. The molecule has 0 unspecified atom stereocenters. The van der Waals surface area contributed by atoms with E-state index in [1.807, 2.05) is 31.2 Å². The molecule has 0 amide bonds. The van der Waals surface area contributed by atoms with Crippen LogP contribution in [0.4, 0.5) is 0 Å². The van der Waals surface area contributed by atoms with Crippen LogP contribution in [0.25, 0.3) is 0 Å². The van der Waals surface area contributed by atoms with Crippen LogP contribution in [0, 0.1) is 6.92 Å². The second kappa shape index (κ2) is 4.45. The van der Waals surface area contributed by atoms with Gasteiger partial charge < -0.3 is 5.21 Å². The van der Waals surface area contributed by atoms with Crippen LogP contribution in [0.15, 0.2) is 42.1 Å². The van der Waals surface area contributed by atoms with E-state index in [4.69, 9.17) is 5.21 Å². The Labute approximate surface area is 78.2 Å². The van der Waals surface area contributed by atoms with Gasteiger partial charge in [-0.15, -0.1) is 6.58 Å². The second-order valence-electron chi connectivity index (χ2n) is 2.91. The van der Waals surface area contributed by atoms with Crippen LogP contribution >= 0.6 is 0 Å². The summed E-state index contributed by atoms with van der Waals surface area (Å²) in [6.45, 7) is 5.61. The molecule has 1 aromatic carbocycles. The predicted molar refractivity (Wildman–Crippen MR) is 54.3 cm³/mol. The lowest BCUT2D eigenvalue weighted by Gasteiger charge is -2.01. The fourth-order valence-corrected chi connectivity index (χ4v) is 1.18. The van der Waals surface area contributed by atoms with E-state index in [1.54, 1.807) is 6.08 Å². The minimum Gasteiger partial charge on any atom is -0.411 e. The molecule has 0 aliphatic carbocycles. The summed E-state index contributed by atoms with van der Waals surface area (Å²) >= 11 is 0. The van der Waals surface area contributed by atoms with Crippen molar-refractivity contribution >= 4 is 5.71 Å². The topological polar surface area (TPSA) is 32.6 Å². The predicted octanol–water partition coefficient (Wildman–Crippen LogP) is 2.75. The largest absolute Gasteiger partial charge is 0.411 e. The van der Waals surface area contributed by atoms with Crippen LogP contribution in [0.3, 0.4) is 0 Å². The van der Waals surface area contributed by atoms with E-state index >= 15 is 0 Å². The number of hydrogen-bond donors (Lipinski definition) is 1. The van der Waals surface area contributed by atoms with Crippen LogP contribution in [-0.2, 0) is 0 Å². The molecule has 0 fully saturated rings. The van der Waals surface area contributed by atoms with Crippen molar-refractivity contribution in [1.82, 2.24) is 0 Å². The second-order valence-corrected chi connectivity index (χ2v) is 2.91. The highest BCUT2D eigenvalue weighted by Gasteiger charge is 2.01. The molecule has 0 saturated heterocycles. The zero-order valence-electron chi connectivity index (χ0n) is 7.70. The van der Waals surface area contributed by atoms with Gasteiger partial charge in [0.1, 0.15) is 0 Å². The third-order valence-electron chi connectivity index (χ3n) is 1.81. The maximum absolute atomic E-state index is 8.74. The first-order chi connectivity index (χ1) is 6.27. The molecule has 0 spiro atoms. The monoisotopic (exact) mass is 175 g/mol. The van der Waals surface area contributed by atoms with E-state index in [-0.39, 0.29) is 0 Å². The summed E-state index contributed by atoms with van der Waals surface area (Å²) in [5.74, 6) is 0. The van der Waals surface area contributed by atoms with Crippen LogP contribution in [-0.4, -0.2) is 10.9 Å². The van der Waals surface area contributed by atoms with Crippen molar-refractivity contribution < 1.29 is 5.21 Å². The summed E-state index contributed by atoms with van der Waals surface area (Å²) < 4.78 is 0. The minimum absolute atomic E-state index is 0.583. The summed E-state index contributed by atoms with van der Waals surface area (Å²) in [5.41, 5.74) is 2.75. The number of benzene rings is 1. The van der Waals surface area contributed by atoms with Crippen molar-refractivity contribution in [2.75, 3.05) is 0 Å². The molecule has 0 radical (unpaired) electrons. The van der Waals surface area contributed by atoms with Gasteiger partial charge in [0.2, 0.25) is 0 Å². The summed E-state index contributed by atoms with van der Waals surface area (Å²) in [4.78, 5) is 0. The highest BCUT2D eigenvalue weighted by molar-refractivity contribution is 6.01. The summed E-state index contributed by atoms with van der Waals surface area (Å²) in [5, 5.41) is 12.0. The third kappa shape index (κ3) is 2.44. The lowest BCUT2D eigenvalue weighted by molar-refractivity contribution is 0.318. The molecule has 0 atom stereocenters. The molecule has 1 N–H and O–H groups in total. The van der Waals surface area contributed by atoms with Crippen molar-refractivity contribution in [3.8, 4) is 0 Å². The molecule has 0 aliphatic rings. The number of allylic oxidation sites excluding steroid dienone is 1. The van der Waals surface area contributed by atoms with E-state index in [0.717, 1.165) is 11.1 Å². The maximum Gasteiger partial charge on any atom is 0.0905 e.